The first-order chi connectivity index (χ1) is 13.4. The number of carboxylic acids is 2. The van der Waals surface area contributed by atoms with Gasteiger partial charge in [0.25, 0.3) is 0 Å². The summed E-state index contributed by atoms with van der Waals surface area (Å²) in [5, 5.41) is 16.3. The van der Waals surface area contributed by atoms with Crippen LogP contribution in [0, 0.1) is 10.8 Å². The van der Waals surface area contributed by atoms with E-state index in [2.05, 4.69) is 22.6 Å². The fourth-order valence-electron chi connectivity index (χ4n) is 0.746. The van der Waals surface area contributed by atoms with Crippen LogP contribution in [-0.4, -0.2) is 48.3 Å². The van der Waals surface area contributed by atoms with Crippen LogP contribution in [-0.2, 0) is 28.7 Å². The van der Waals surface area contributed by atoms with Gasteiger partial charge in [-0.25, -0.2) is 9.59 Å². The third-order valence-corrected chi connectivity index (χ3v) is 3.98. The minimum atomic E-state index is -0.935. The molecule has 176 valence electrons. The molecule has 0 aliphatic heterocycles. The summed E-state index contributed by atoms with van der Waals surface area (Å²) in [5.41, 5.74) is -0.244. The molecule has 0 aromatic rings. The summed E-state index contributed by atoms with van der Waals surface area (Å²) in [6.45, 7) is 20.6. The number of carboxylic acid groups (broad SMARTS) is 2. The molecule has 0 bridgehead atoms. The van der Waals surface area contributed by atoms with Gasteiger partial charge >= 0.3 is 23.9 Å². The number of methoxy groups -OCH3 is 2. The predicted octanol–water partition coefficient (Wildman–Crippen LogP) is 4.49. The molecule has 0 spiro atoms. The topological polar surface area (TPSA) is 127 Å². The number of carbonyl (C=O) groups is 4. The summed E-state index contributed by atoms with van der Waals surface area (Å²) in [4.78, 5) is 40.9. The van der Waals surface area contributed by atoms with Gasteiger partial charge in [0.2, 0.25) is 0 Å². The molecule has 0 amide bonds. The highest BCUT2D eigenvalue weighted by molar-refractivity contribution is 5.86. The van der Waals surface area contributed by atoms with Gasteiger partial charge in [0, 0.05) is 11.1 Å². The molecule has 2 N–H and O–H groups in total. The van der Waals surface area contributed by atoms with Crippen molar-refractivity contribution in [2.24, 2.45) is 10.8 Å². The summed E-state index contributed by atoms with van der Waals surface area (Å²) in [6.07, 6.45) is 1.50. The van der Waals surface area contributed by atoms with Gasteiger partial charge in [0.1, 0.15) is 0 Å². The monoisotopic (exact) mass is 432 g/mol. The van der Waals surface area contributed by atoms with E-state index < -0.39 is 17.4 Å². The molecule has 0 saturated heterocycles. The Balaban J connectivity index is -0.000000152. The lowest BCUT2D eigenvalue weighted by atomic mass is 9.91. The number of hydrogen-bond acceptors (Lipinski definition) is 6. The van der Waals surface area contributed by atoms with Crippen molar-refractivity contribution in [1.82, 2.24) is 0 Å². The minimum absolute atomic E-state index is 0.134. The molecule has 0 heterocycles. The van der Waals surface area contributed by atoms with E-state index in [1.807, 2.05) is 27.7 Å². The third-order valence-electron chi connectivity index (χ3n) is 3.98. The summed E-state index contributed by atoms with van der Waals surface area (Å²) < 4.78 is 8.84. The van der Waals surface area contributed by atoms with Crippen LogP contribution in [0.3, 0.4) is 0 Å². The van der Waals surface area contributed by atoms with Crippen LogP contribution in [0.5, 0.6) is 0 Å². The lowest BCUT2D eigenvalue weighted by molar-refractivity contribution is -0.151. The molecule has 8 nitrogen and oxygen atoms in total. The Kier molecular flexibility index (Phi) is 20.0. The van der Waals surface area contributed by atoms with E-state index in [-0.39, 0.29) is 22.9 Å². The highest BCUT2D eigenvalue weighted by Gasteiger charge is 2.25. The van der Waals surface area contributed by atoms with Crippen molar-refractivity contribution in [1.29, 1.82) is 0 Å². The molecule has 30 heavy (non-hydrogen) atoms. The summed E-state index contributed by atoms with van der Waals surface area (Å²) in [7, 11) is 2.75. The lowest BCUT2D eigenvalue weighted by Gasteiger charge is -2.17. The number of carbonyl (C=O) groups excluding carboxylic acids is 2. The lowest BCUT2D eigenvalue weighted by Crippen LogP contribution is -2.24. The van der Waals surface area contributed by atoms with Crippen LogP contribution in [0.4, 0.5) is 0 Å². The van der Waals surface area contributed by atoms with E-state index in [4.69, 9.17) is 10.2 Å². The standard InChI is InChI=1S/C7H14O2.C6H12O2.C5H8O2.C4H6O2/c1-5-7(2,3)6(8)9-4;1-4-6(2,3)5(7)8;1-4(2)5(6)7-3;1-3(2)4(5)6/h5H2,1-4H3;4H2,1-3H3,(H,7,8);1H2,2-3H3;1H2,2H3,(H,5,6). The van der Waals surface area contributed by atoms with Crippen molar-refractivity contribution in [2.75, 3.05) is 14.2 Å². The van der Waals surface area contributed by atoms with Crippen molar-refractivity contribution < 1.29 is 38.9 Å². The minimum Gasteiger partial charge on any atom is -0.481 e. The quantitative estimate of drug-likeness (QED) is 0.464. The fraction of sp³-hybridized carbons (Fsp3) is 0.636. The first-order valence-corrected chi connectivity index (χ1v) is 9.32. The molecule has 8 heteroatoms. The Morgan fingerprint density at radius 2 is 1.10 bits per heavy atom. The average molecular weight is 433 g/mol. The van der Waals surface area contributed by atoms with Crippen molar-refractivity contribution in [2.45, 2.75) is 68.2 Å². The van der Waals surface area contributed by atoms with Crippen LogP contribution >= 0.6 is 0 Å². The molecule has 0 fully saturated rings. The van der Waals surface area contributed by atoms with Gasteiger partial charge in [0.05, 0.1) is 25.0 Å². The zero-order valence-corrected chi connectivity index (χ0v) is 20.2. The predicted molar refractivity (Wildman–Crippen MR) is 117 cm³/mol. The molecule has 0 aromatic heterocycles. The number of esters is 2. The summed E-state index contributed by atoms with van der Waals surface area (Å²) in [6, 6.07) is 0. The molecule has 0 unspecified atom stereocenters. The molecule has 0 aromatic carbocycles. The molecular formula is C22H40O8. The zero-order valence-electron chi connectivity index (χ0n) is 20.2. The number of ether oxygens (including phenoxy) is 2. The maximum absolute atomic E-state index is 10.8. The smallest absolute Gasteiger partial charge is 0.332 e. The number of aliphatic carboxylic acids is 2. The molecule has 0 atom stereocenters. The molecule has 0 radical (unpaired) electrons. The van der Waals surface area contributed by atoms with Gasteiger partial charge in [-0.2, -0.15) is 0 Å². The zero-order chi connectivity index (χ0) is 25.3. The van der Waals surface area contributed by atoms with Crippen LogP contribution < -0.4 is 0 Å². The Morgan fingerprint density at radius 1 is 0.767 bits per heavy atom. The maximum atomic E-state index is 10.8. The van der Waals surface area contributed by atoms with Crippen molar-refractivity contribution >= 4 is 23.9 Å². The van der Waals surface area contributed by atoms with Gasteiger partial charge in [-0.3, -0.25) is 9.59 Å². The van der Waals surface area contributed by atoms with Crippen molar-refractivity contribution in [3.63, 3.8) is 0 Å². The van der Waals surface area contributed by atoms with Gasteiger partial charge in [0.15, 0.2) is 0 Å². The normalized spacial score (nSPS) is 9.67. The fourth-order valence-corrected chi connectivity index (χ4v) is 0.746. The molecular weight excluding hydrogens is 392 g/mol. The summed E-state index contributed by atoms with van der Waals surface area (Å²) in [5.74, 6) is -2.14. The first kappa shape index (κ1) is 34.8. The Hall–Kier alpha value is -2.64. The third kappa shape index (κ3) is 20.1. The van der Waals surface area contributed by atoms with E-state index in [0.717, 1.165) is 6.42 Å². The van der Waals surface area contributed by atoms with Gasteiger partial charge in [-0.05, 0) is 54.4 Å². The second-order valence-electron chi connectivity index (χ2n) is 7.63. The van der Waals surface area contributed by atoms with Crippen LogP contribution in [0.1, 0.15) is 68.2 Å². The molecule has 0 rings (SSSR count). The van der Waals surface area contributed by atoms with E-state index in [9.17, 15) is 19.2 Å². The van der Waals surface area contributed by atoms with Crippen LogP contribution in [0.2, 0.25) is 0 Å². The van der Waals surface area contributed by atoms with Crippen LogP contribution in [0.25, 0.3) is 0 Å². The van der Waals surface area contributed by atoms with Gasteiger partial charge < -0.3 is 19.7 Å². The van der Waals surface area contributed by atoms with E-state index in [1.165, 1.54) is 21.1 Å². The first-order valence-electron chi connectivity index (χ1n) is 9.32. The van der Waals surface area contributed by atoms with Gasteiger partial charge in [-0.15, -0.1) is 0 Å². The number of hydrogen-bond donors (Lipinski definition) is 2. The Labute approximate surface area is 181 Å². The Morgan fingerprint density at radius 3 is 1.13 bits per heavy atom. The SMILES string of the molecule is C=C(C)C(=O)O.C=C(C)C(=O)OC.CCC(C)(C)C(=O)O.CCC(C)(C)C(=O)OC. The molecule has 0 saturated carbocycles. The summed E-state index contributed by atoms with van der Waals surface area (Å²) >= 11 is 0. The highest BCUT2D eigenvalue weighted by atomic mass is 16.5. The highest BCUT2D eigenvalue weighted by Crippen LogP contribution is 2.20. The second-order valence-corrected chi connectivity index (χ2v) is 7.63. The van der Waals surface area contributed by atoms with Crippen molar-refractivity contribution in [3.05, 3.63) is 24.3 Å². The van der Waals surface area contributed by atoms with Crippen LogP contribution in [0.15, 0.2) is 24.3 Å². The second kappa shape index (κ2) is 17.2. The van der Waals surface area contributed by atoms with E-state index in [1.54, 1.807) is 20.8 Å². The largest absolute Gasteiger partial charge is 0.481 e. The maximum Gasteiger partial charge on any atom is 0.332 e. The van der Waals surface area contributed by atoms with E-state index >= 15 is 0 Å². The average Bonchev–Trinajstić information content (AvgIpc) is 2.67. The van der Waals surface area contributed by atoms with Gasteiger partial charge in [-0.1, -0.05) is 27.0 Å². The molecule has 0 aliphatic carbocycles. The van der Waals surface area contributed by atoms with E-state index in [0.29, 0.717) is 12.0 Å². The van der Waals surface area contributed by atoms with Crippen molar-refractivity contribution in [3.8, 4) is 0 Å². The number of rotatable bonds is 6. The Bertz CT molecular complexity index is 574. The molecule has 0 aliphatic rings.